The first-order valence-corrected chi connectivity index (χ1v) is 1.86. The van der Waals surface area contributed by atoms with E-state index in [1.54, 1.807) is 0 Å². The summed E-state index contributed by atoms with van der Waals surface area (Å²) in [5, 5.41) is 14.8. The summed E-state index contributed by atoms with van der Waals surface area (Å²) >= 11 is 1.06. The molecule has 0 rings (SSSR count). The van der Waals surface area contributed by atoms with Gasteiger partial charge in [-0.3, -0.25) is 0 Å². The average molecular weight is 193 g/mol. The zero-order valence-electron chi connectivity index (χ0n) is 4.57. The molecule has 0 atom stereocenters. The van der Waals surface area contributed by atoms with E-state index < -0.39 is 11.9 Å². The number of aliphatic carboxylic acids is 2. The van der Waals surface area contributed by atoms with Gasteiger partial charge in [-0.1, -0.05) is 0 Å². The fourth-order valence-corrected chi connectivity index (χ4v) is 0. The third-order valence-electron chi connectivity index (χ3n) is 0.183. The summed E-state index contributed by atoms with van der Waals surface area (Å²) in [4.78, 5) is 18.2. The van der Waals surface area contributed by atoms with Gasteiger partial charge in [-0.15, -0.1) is 0 Å². The van der Waals surface area contributed by atoms with Crippen LogP contribution in [0.1, 0.15) is 0 Å². The van der Waals surface area contributed by atoms with E-state index in [2.05, 4.69) is 0 Å². The van der Waals surface area contributed by atoms with Crippen molar-refractivity contribution in [3.8, 4) is 0 Å². The van der Waals surface area contributed by atoms with Gasteiger partial charge in [-0.05, 0) is 0 Å². The van der Waals surface area contributed by atoms with Gasteiger partial charge in [0.15, 0.2) is 0 Å². The Bertz CT molecular complexity index is 87.8. The normalized spacial score (nSPS) is 4.70. The summed E-state index contributed by atoms with van der Waals surface area (Å²) in [6.07, 6.45) is 0. The van der Waals surface area contributed by atoms with Crippen molar-refractivity contribution in [1.29, 1.82) is 0 Å². The van der Waals surface area contributed by atoms with Gasteiger partial charge in [0.1, 0.15) is 0 Å². The quantitative estimate of drug-likeness (QED) is 0.403. The summed E-state index contributed by atoms with van der Waals surface area (Å²) in [7, 11) is 0. The third kappa shape index (κ3) is 26.8. The molecule has 0 fully saturated rings. The van der Waals surface area contributed by atoms with Crippen molar-refractivity contribution < 1.29 is 51.8 Å². The van der Waals surface area contributed by atoms with E-state index in [1.165, 1.54) is 0 Å². The Morgan fingerprint density at radius 1 is 0.900 bits per heavy atom. The molecule has 0 bridgehead atoms. The molecule has 0 aromatic rings. The monoisotopic (exact) mass is 193 g/mol. The van der Waals surface area contributed by atoms with E-state index in [4.69, 9.17) is 23.5 Å². The van der Waals surface area contributed by atoms with Gasteiger partial charge in [-0.25, -0.2) is 9.59 Å². The maximum atomic E-state index is 9.10. The van der Waals surface area contributed by atoms with Crippen LogP contribution in [0.2, 0.25) is 0 Å². The first-order valence-electron chi connectivity index (χ1n) is 1.29. The van der Waals surface area contributed by atoms with Gasteiger partial charge in [0, 0.05) is 0 Å². The molecule has 61 valence electrons. The van der Waals surface area contributed by atoms with Crippen LogP contribution >= 0.6 is 0 Å². The molecule has 0 aromatic carbocycles. The van der Waals surface area contributed by atoms with Gasteiger partial charge < -0.3 is 21.2 Å². The topological polar surface area (TPSA) is 155 Å². The fraction of sp³-hybridized carbons (Fsp3) is 0. The Labute approximate surface area is 64.5 Å². The van der Waals surface area contributed by atoms with Crippen LogP contribution in [0.3, 0.4) is 0 Å². The van der Waals surface area contributed by atoms with E-state index in [0.29, 0.717) is 0 Å². The van der Waals surface area contributed by atoms with E-state index in [1.807, 2.05) is 0 Å². The van der Waals surface area contributed by atoms with Crippen molar-refractivity contribution in [2.45, 2.75) is 0 Å². The van der Waals surface area contributed by atoms with Gasteiger partial charge in [0.2, 0.25) is 0 Å². The van der Waals surface area contributed by atoms with Crippen molar-refractivity contribution in [3.63, 3.8) is 0 Å². The standard InChI is InChI=1S/C2H2O4.2H2O.O.V/c3-1(4)2(5)6;;;;/h(H,3,4)(H,5,6);2*1H2;;. The summed E-state index contributed by atoms with van der Waals surface area (Å²) in [6, 6.07) is 0. The molecule has 8 heteroatoms. The fourth-order valence-electron chi connectivity index (χ4n) is 0. The van der Waals surface area contributed by atoms with Crippen molar-refractivity contribution in [2.24, 2.45) is 0 Å². The molecule has 10 heavy (non-hydrogen) atoms. The van der Waals surface area contributed by atoms with E-state index in [9.17, 15) is 0 Å². The summed E-state index contributed by atoms with van der Waals surface area (Å²) in [6.45, 7) is 0. The molecule has 0 radical (unpaired) electrons. The third-order valence-corrected chi connectivity index (χ3v) is 0.183. The molecule has 0 aliphatic carbocycles. The molecular formula is C2H6O7V. The summed E-state index contributed by atoms with van der Waals surface area (Å²) < 4.78 is 8.19. The van der Waals surface area contributed by atoms with Crippen LogP contribution in [-0.2, 0) is 30.6 Å². The molecule has 0 heterocycles. The molecule has 0 saturated carbocycles. The van der Waals surface area contributed by atoms with E-state index >= 15 is 0 Å². The minimum absolute atomic E-state index is 0. The second-order valence-electron chi connectivity index (χ2n) is 0.610. The van der Waals surface area contributed by atoms with Crippen molar-refractivity contribution >= 4 is 11.9 Å². The predicted molar refractivity (Wildman–Crippen MR) is 23.2 cm³/mol. The number of rotatable bonds is 0. The Kier molecular flexibility index (Phi) is 35.9. The van der Waals surface area contributed by atoms with Crippen LogP contribution in [0.15, 0.2) is 0 Å². The van der Waals surface area contributed by atoms with Gasteiger partial charge in [-0.2, -0.15) is 0 Å². The zero-order chi connectivity index (χ0) is 7.15. The second kappa shape index (κ2) is 15.7. The first kappa shape index (κ1) is 22.8. The summed E-state index contributed by atoms with van der Waals surface area (Å²) in [5.41, 5.74) is 0. The summed E-state index contributed by atoms with van der Waals surface area (Å²) in [5.74, 6) is -3.65. The zero-order valence-corrected chi connectivity index (χ0v) is 5.96. The van der Waals surface area contributed by atoms with Crippen LogP contribution in [-0.4, -0.2) is 33.1 Å². The molecule has 0 aliphatic heterocycles. The van der Waals surface area contributed by atoms with Crippen LogP contribution in [0.4, 0.5) is 0 Å². The molecule has 6 N–H and O–H groups in total. The molecule has 0 amide bonds. The number of hydrogen-bond donors (Lipinski definition) is 2. The molecule has 0 unspecified atom stereocenters. The van der Waals surface area contributed by atoms with Crippen LogP contribution < -0.4 is 0 Å². The van der Waals surface area contributed by atoms with Crippen LogP contribution in [0.25, 0.3) is 0 Å². The van der Waals surface area contributed by atoms with Gasteiger partial charge in [0.25, 0.3) is 0 Å². The molecular weight excluding hydrogens is 187 g/mol. The molecule has 7 nitrogen and oxygen atoms in total. The number of carboxylic acid groups (broad SMARTS) is 2. The second-order valence-corrected chi connectivity index (χ2v) is 0.610. The van der Waals surface area contributed by atoms with Crippen molar-refractivity contribution in [3.05, 3.63) is 0 Å². The number of carbonyl (C=O) groups is 2. The number of hydrogen-bond acceptors (Lipinski definition) is 3. The first-order chi connectivity index (χ1) is 3.64. The van der Waals surface area contributed by atoms with Gasteiger partial charge in [0.05, 0.1) is 0 Å². The SMILES string of the molecule is O.O.O=C(O)C(=O)O.[O]=[V]. The Morgan fingerprint density at radius 2 is 1.00 bits per heavy atom. The van der Waals surface area contributed by atoms with Crippen LogP contribution in [0, 0.1) is 0 Å². The number of carboxylic acids is 2. The van der Waals surface area contributed by atoms with E-state index in [-0.39, 0.29) is 11.0 Å². The Morgan fingerprint density at radius 3 is 1.00 bits per heavy atom. The van der Waals surface area contributed by atoms with Crippen molar-refractivity contribution in [2.75, 3.05) is 0 Å². The van der Waals surface area contributed by atoms with E-state index in [0.717, 1.165) is 17.4 Å². The average Bonchev–Trinajstić information content (AvgIpc) is 1.72. The maximum absolute atomic E-state index is 9.10. The Balaban J connectivity index is -0.0000000412. The Hall–Kier alpha value is -0.756. The predicted octanol–water partition coefficient (Wildman–Crippen LogP) is -2.62. The molecule has 0 aliphatic rings. The minimum atomic E-state index is -1.82. The molecule has 0 spiro atoms. The molecule has 0 aromatic heterocycles. The van der Waals surface area contributed by atoms with Crippen LogP contribution in [0.5, 0.6) is 0 Å². The van der Waals surface area contributed by atoms with Crippen molar-refractivity contribution in [1.82, 2.24) is 0 Å². The van der Waals surface area contributed by atoms with Gasteiger partial charge >= 0.3 is 33.0 Å². The molecule has 0 saturated heterocycles.